The maximum atomic E-state index is 12.7. The standard InChI is InChI=1S/C19H30F3N5OS/c1-4-13(5-2)17(28)27-9-7-14(8-10-27)25-18(23-6-3)24-11-16-26-15(12-29-16)19(20,21)22/h12-14H,4-11H2,1-3H3,(H2,23,24,25). The first-order chi connectivity index (χ1) is 13.8. The molecule has 1 amide bonds. The summed E-state index contributed by atoms with van der Waals surface area (Å²) in [4.78, 5) is 22.4. The van der Waals surface area contributed by atoms with Gasteiger partial charge in [0.25, 0.3) is 0 Å². The third kappa shape index (κ3) is 6.87. The van der Waals surface area contributed by atoms with E-state index >= 15 is 0 Å². The van der Waals surface area contributed by atoms with E-state index < -0.39 is 11.9 Å². The summed E-state index contributed by atoms with van der Waals surface area (Å²) in [5.41, 5.74) is -0.875. The molecule has 6 nitrogen and oxygen atoms in total. The molecule has 0 aliphatic carbocycles. The van der Waals surface area contributed by atoms with Crippen LogP contribution in [-0.4, -0.2) is 47.4 Å². The fourth-order valence-corrected chi connectivity index (χ4v) is 4.04. The second-order valence-electron chi connectivity index (χ2n) is 7.08. The smallest absolute Gasteiger partial charge is 0.357 e. The van der Waals surface area contributed by atoms with Crippen molar-refractivity contribution in [3.8, 4) is 0 Å². The molecule has 1 saturated heterocycles. The fourth-order valence-electron chi connectivity index (χ4n) is 3.31. The lowest BCUT2D eigenvalue weighted by Gasteiger charge is -2.34. The molecule has 1 aromatic rings. The Kier molecular flexibility index (Phi) is 8.73. The Morgan fingerprint density at radius 1 is 1.31 bits per heavy atom. The molecular weight excluding hydrogens is 403 g/mol. The Labute approximate surface area is 174 Å². The zero-order valence-electron chi connectivity index (χ0n) is 17.2. The third-order valence-corrected chi connectivity index (χ3v) is 5.87. The van der Waals surface area contributed by atoms with Gasteiger partial charge in [0.1, 0.15) is 5.01 Å². The van der Waals surface area contributed by atoms with E-state index in [0.29, 0.717) is 30.6 Å². The van der Waals surface area contributed by atoms with Gasteiger partial charge in [0.05, 0.1) is 6.54 Å². The number of thiazole rings is 1. The van der Waals surface area contributed by atoms with Gasteiger partial charge in [0.2, 0.25) is 5.91 Å². The van der Waals surface area contributed by atoms with Crippen LogP contribution in [0.25, 0.3) is 0 Å². The maximum Gasteiger partial charge on any atom is 0.434 e. The molecule has 2 rings (SSSR count). The second kappa shape index (κ2) is 10.8. The molecule has 2 N–H and O–H groups in total. The second-order valence-corrected chi connectivity index (χ2v) is 8.02. The third-order valence-electron chi connectivity index (χ3n) is 5.04. The molecule has 0 aromatic carbocycles. The number of aromatic nitrogens is 1. The van der Waals surface area contributed by atoms with Crippen molar-refractivity contribution in [1.29, 1.82) is 0 Å². The number of guanidine groups is 1. The van der Waals surface area contributed by atoms with Crippen LogP contribution in [0.5, 0.6) is 0 Å². The van der Waals surface area contributed by atoms with E-state index in [4.69, 9.17) is 0 Å². The van der Waals surface area contributed by atoms with E-state index in [1.807, 2.05) is 25.7 Å². The molecule has 1 aliphatic heterocycles. The van der Waals surface area contributed by atoms with E-state index in [-0.39, 0.29) is 24.4 Å². The first-order valence-corrected chi connectivity index (χ1v) is 11.0. The Morgan fingerprint density at radius 3 is 2.48 bits per heavy atom. The number of halogens is 3. The quantitative estimate of drug-likeness (QED) is 0.509. The molecule has 0 spiro atoms. The molecule has 2 heterocycles. The van der Waals surface area contributed by atoms with Crippen molar-refractivity contribution in [3.63, 3.8) is 0 Å². The summed E-state index contributed by atoms with van der Waals surface area (Å²) in [6.45, 7) is 8.14. The number of alkyl halides is 3. The Bertz CT molecular complexity index is 680. The van der Waals surface area contributed by atoms with Crippen molar-refractivity contribution < 1.29 is 18.0 Å². The van der Waals surface area contributed by atoms with Gasteiger partial charge in [-0.25, -0.2) is 9.98 Å². The highest BCUT2D eigenvalue weighted by atomic mass is 32.1. The van der Waals surface area contributed by atoms with Gasteiger partial charge in [-0.2, -0.15) is 13.2 Å². The predicted octanol–water partition coefficient (Wildman–Crippen LogP) is 3.64. The molecule has 0 atom stereocenters. The van der Waals surface area contributed by atoms with Crippen LogP contribution in [0.15, 0.2) is 10.4 Å². The molecule has 10 heteroatoms. The number of hydrogen-bond acceptors (Lipinski definition) is 4. The predicted molar refractivity (Wildman–Crippen MR) is 109 cm³/mol. The number of nitrogens with one attached hydrogen (secondary N) is 2. The SMILES string of the molecule is CCNC(=NCc1nc(C(F)(F)F)cs1)NC1CCN(C(=O)C(CC)CC)CC1. The summed E-state index contributed by atoms with van der Waals surface area (Å²) < 4.78 is 38.0. The normalized spacial score (nSPS) is 16.4. The number of aliphatic imine (C=N–C) groups is 1. The van der Waals surface area contributed by atoms with Gasteiger partial charge in [-0.05, 0) is 32.6 Å². The lowest BCUT2D eigenvalue weighted by Crippen LogP contribution is -2.50. The number of rotatable bonds is 7. The van der Waals surface area contributed by atoms with Gasteiger partial charge in [-0.15, -0.1) is 11.3 Å². The molecule has 1 aromatic heterocycles. The van der Waals surface area contributed by atoms with Crippen molar-refractivity contribution >= 4 is 23.2 Å². The summed E-state index contributed by atoms with van der Waals surface area (Å²) in [6.07, 6.45) is -1.09. The lowest BCUT2D eigenvalue weighted by atomic mass is 9.98. The highest BCUT2D eigenvalue weighted by molar-refractivity contribution is 7.09. The van der Waals surface area contributed by atoms with Gasteiger partial charge in [-0.3, -0.25) is 4.79 Å². The largest absolute Gasteiger partial charge is 0.434 e. The Balaban J connectivity index is 1.90. The zero-order valence-corrected chi connectivity index (χ0v) is 18.0. The molecule has 0 unspecified atom stereocenters. The molecule has 0 bridgehead atoms. The van der Waals surface area contributed by atoms with Crippen molar-refractivity contribution in [2.75, 3.05) is 19.6 Å². The minimum Gasteiger partial charge on any atom is -0.357 e. The van der Waals surface area contributed by atoms with E-state index in [2.05, 4.69) is 20.6 Å². The van der Waals surface area contributed by atoms with E-state index in [9.17, 15) is 18.0 Å². The Morgan fingerprint density at radius 2 is 1.97 bits per heavy atom. The van der Waals surface area contributed by atoms with E-state index in [1.165, 1.54) is 0 Å². The fraction of sp³-hybridized carbons (Fsp3) is 0.737. The van der Waals surface area contributed by atoms with Crippen LogP contribution in [0.2, 0.25) is 0 Å². The number of carbonyl (C=O) groups is 1. The molecule has 1 fully saturated rings. The van der Waals surface area contributed by atoms with Gasteiger partial charge in [0.15, 0.2) is 11.7 Å². The van der Waals surface area contributed by atoms with Gasteiger partial charge in [-0.1, -0.05) is 13.8 Å². The summed E-state index contributed by atoms with van der Waals surface area (Å²) in [5.74, 6) is 0.887. The highest BCUT2D eigenvalue weighted by Gasteiger charge is 2.33. The molecule has 1 aliphatic rings. The van der Waals surface area contributed by atoms with Crippen LogP contribution in [0, 0.1) is 5.92 Å². The summed E-state index contributed by atoms with van der Waals surface area (Å²) in [5, 5.41) is 7.79. The summed E-state index contributed by atoms with van der Waals surface area (Å²) in [6, 6.07) is 0.167. The van der Waals surface area contributed by atoms with Crippen LogP contribution in [0.4, 0.5) is 13.2 Å². The number of carbonyl (C=O) groups excluding carboxylic acids is 1. The highest BCUT2D eigenvalue weighted by Crippen LogP contribution is 2.30. The van der Waals surface area contributed by atoms with Crippen LogP contribution >= 0.6 is 11.3 Å². The average molecular weight is 434 g/mol. The van der Waals surface area contributed by atoms with Crippen molar-refractivity contribution in [2.24, 2.45) is 10.9 Å². The first-order valence-electron chi connectivity index (χ1n) is 10.1. The van der Waals surface area contributed by atoms with Gasteiger partial charge < -0.3 is 15.5 Å². The topological polar surface area (TPSA) is 69.6 Å². The zero-order chi connectivity index (χ0) is 21.4. The molecular formula is C19H30F3N5OS. The minimum atomic E-state index is -4.43. The van der Waals surface area contributed by atoms with Crippen molar-refractivity contribution in [1.82, 2.24) is 20.5 Å². The van der Waals surface area contributed by atoms with Crippen LogP contribution in [0.1, 0.15) is 57.2 Å². The van der Waals surface area contributed by atoms with E-state index in [0.717, 1.165) is 42.4 Å². The number of piperidine rings is 1. The Hall–Kier alpha value is -1.84. The lowest BCUT2D eigenvalue weighted by molar-refractivity contribution is -0.140. The van der Waals surface area contributed by atoms with Crippen molar-refractivity contribution in [2.45, 2.75) is 65.2 Å². The average Bonchev–Trinajstić information content (AvgIpc) is 3.17. The van der Waals surface area contributed by atoms with Gasteiger partial charge in [0, 0.05) is 37.0 Å². The number of amides is 1. The molecule has 0 saturated carbocycles. The number of nitrogens with zero attached hydrogens (tertiary/aromatic N) is 3. The molecule has 164 valence electrons. The van der Waals surface area contributed by atoms with Crippen molar-refractivity contribution in [3.05, 3.63) is 16.1 Å². The number of hydrogen-bond donors (Lipinski definition) is 2. The van der Waals surface area contributed by atoms with Crippen LogP contribution in [-0.2, 0) is 17.5 Å². The van der Waals surface area contributed by atoms with Crippen LogP contribution in [0.3, 0.4) is 0 Å². The van der Waals surface area contributed by atoms with E-state index in [1.54, 1.807) is 0 Å². The monoisotopic (exact) mass is 433 g/mol. The number of likely N-dealkylation sites (tertiary alicyclic amines) is 1. The summed E-state index contributed by atoms with van der Waals surface area (Å²) in [7, 11) is 0. The van der Waals surface area contributed by atoms with Crippen LogP contribution < -0.4 is 10.6 Å². The first kappa shape index (κ1) is 23.4. The van der Waals surface area contributed by atoms with Gasteiger partial charge >= 0.3 is 6.18 Å². The maximum absolute atomic E-state index is 12.7. The summed E-state index contributed by atoms with van der Waals surface area (Å²) >= 11 is 0.955. The minimum absolute atomic E-state index is 0.0854. The molecule has 29 heavy (non-hydrogen) atoms. The molecule has 0 radical (unpaired) electrons.